The van der Waals surface area contributed by atoms with Crippen LogP contribution in [0.25, 0.3) is 0 Å². The van der Waals surface area contributed by atoms with Gasteiger partial charge in [0.2, 0.25) is 12.7 Å². The number of carbonyl (C=O) groups excluding carboxylic acids is 2. The van der Waals surface area contributed by atoms with E-state index in [1.54, 1.807) is 23.1 Å². The zero-order valence-corrected chi connectivity index (χ0v) is 28.5. The Bertz CT molecular complexity index is 1520. The molecule has 2 aliphatic rings. The number of likely N-dealkylation sites (N-methyl/N-ethyl adjacent to an activating group) is 1. The van der Waals surface area contributed by atoms with E-state index >= 15 is 0 Å². The van der Waals surface area contributed by atoms with E-state index in [0.29, 0.717) is 43.2 Å². The smallest absolute Gasteiger partial charge is 0.258 e. The molecule has 5 rings (SSSR count). The lowest BCUT2D eigenvalue weighted by molar-refractivity contribution is -0.115. The summed E-state index contributed by atoms with van der Waals surface area (Å²) >= 11 is 0. The summed E-state index contributed by atoms with van der Waals surface area (Å²) in [7, 11) is 2.06. The summed E-state index contributed by atoms with van der Waals surface area (Å²) in [6, 6.07) is 20.3. The Labute approximate surface area is 283 Å². The molecule has 2 amide bonds. The lowest BCUT2D eigenvalue weighted by Gasteiger charge is -2.36. The summed E-state index contributed by atoms with van der Waals surface area (Å²) in [6.45, 7) is 8.28. The molecular weight excluding hydrogens is 610 g/mol. The van der Waals surface area contributed by atoms with Crippen LogP contribution in [0.3, 0.4) is 0 Å². The van der Waals surface area contributed by atoms with Crippen LogP contribution < -0.4 is 19.5 Å². The number of hydrogen-bond donors (Lipinski definition) is 2. The Morgan fingerprint density at radius 3 is 2.56 bits per heavy atom. The average molecular weight is 660 g/mol. The summed E-state index contributed by atoms with van der Waals surface area (Å²) in [5.74, 6) is 1.48. The number of amides is 2. The average Bonchev–Trinajstić information content (AvgIpc) is 3.54. The molecule has 10 nitrogen and oxygen atoms in total. The van der Waals surface area contributed by atoms with Crippen molar-refractivity contribution >= 4 is 17.5 Å². The van der Waals surface area contributed by atoms with E-state index in [1.807, 2.05) is 62.4 Å². The van der Waals surface area contributed by atoms with Crippen LogP contribution >= 0.6 is 0 Å². The first-order chi connectivity index (χ1) is 23.2. The molecule has 0 unspecified atom stereocenters. The highest BCUT2D eigenvalue weighted by Crippen LogP contribution is 2.33. The number of rotatable bonds is 9. The van der Waals surface area contributed by atoms with E-state index in [4.69, 9.17) is 18.9 Å². The predicted molar refractivity (Wildman–Crippen MR) is 185 cm³/mol. The molecular formula is C38H49N3O7. The first-order valence-corrected chi connectivity index (χ1v) is 16.9. The predicted octanol–water partition coefficient (Wildman–Crippen LogP) is 5.52. The van der Waals surface area contributed by atoms with Crippen LogP contribution in [-0.2, 0) is 22.5 Å². The molecule has 2 aliphatic heterocycles. The van der Waals surface area contributed by atoms with Crippen molar-refractivity contribution in [2.45, 2.75) is 71.2 Å². The van der Waals surface area contributed by atoms with Crippen molar-refractivity contribution in [1.29, 1.82) is 0 Å². The summed E-state index contributed by atoms with van der Waals surface area (Å²) in [6.07, 6.45) is 2.52. The lowest BCUT2D eigenvalue weighted by Crippen LogP contribution is -2.47. The zero-order valence-electron chi connectivity index (χ0n) is 28.5. The van der Waals surface area contributed by atoms with Crippen molar-refractivity contribution in [3.8, 4) is 17.2 Å². The van der Waals surface area contributed by atoms with Crippen molar-refractivity contribution in [3.63, 3.8) is 0 Å². The van der Waals surface area contributed by atoms with E-state index in [-0.39, 0.29) is 49.8 Å². The summed E-state index contributed by atoms with van der Waals surface area (Å²) in [5.41, 5.74) is 2.87. The molecule has 0 fully saturated rings. The van der Waals surface area contributed by atoms with Crippen LogP contribution in [0, 0.1) is 5.92 Å². The first kappa shape index (κ1) is 35.2. The highest BCUT2D eigenvalue weighted by molar-refractivity contribution is 6.00. The van der Waals surface area contributed by atoms with Gasteiger partial charge in [-0.1, -0.05) is 43.3 Å². The van der Waals surface area contributed by atoms with Gasteiger partial charge in [-0.3, -0.25) is 14.5 Å². The second-order valence-electron chi connectivity index (χ2n) is 13.1. The van der Waals surface area contributed by atoms with E-state index in [0.717, 1.165) is 41.9 Å². The zero-order chi connectivity index (χ0) is 34.0. The van der Waals surface area contributed by atoms with Gasteiger partial charge in [-0.2, -0.15) is 0 Å². The molecule has 4 atom stereocenters. The molecule has 0 radical (unpaired) electrons. The van der Waals surface area contributed by atoms with E-state index in [2.05, 4.69) is 24.2 Å². The van der Waals surface area contributed by atoms with E-state index in [9.17, 15) is 14.7 Å². The van der Waals surface area contributed by atoms with Gasteiger partial charge in [-0.05, 0) is 81.6 Å². The fraction of sp³-hybridized carbons (Fsp3) is 0.474. The van der Waals surface area contributed by atoms with Gasteiger partial charge in [0.05, 0.1) is 36.8 Å². The van der Waals surface area contributed by atoms with Crippen LogP contribution in [0.2, 0.25) is 0 Å². The van der Waals surface area contributed by atoms with Gasteiger partial charge < -0.3 is 34.3 Å². The molecule has 2 N–H and O–H groups in total. The number of fused-ring (bicyclic) bond motifs is 2. The van der Waals surface area contributed by atoms with Crippen LogP contribution in [-0.4, -0.2) is 85.1 Å². The molecule has 3 aromatic rings. The van der Waals surface area contributed by atoms with Crippen LogP contribution in [0.15, 0.2) is 66.7 Å². The summed E-state index contributed by atoms with van der Waals surface area (Å²) < 4.78 is 23.9. The number of anilines is 1. The Morgan fingerprint density at radius 1 is 1.00 bits per heavy atom. The maximum absolute atomic E-state index is 14.4. The Hall–Kier alpha value is -4.12. The fourth-order valence-electron chi connectivity index (χ4n) is 6.17. The number of aliphatic hydroxyl groups is 1. The lowest BCUT2D eigenvalue weighted by atomic mass is 10.0. The minimum atomic E-state index is -0.457. The number of nitrogens with zero attached hydrogens (tertiary/aromatic N) is 2. The molecule has 48 heavy (non-hydrogen) atoms. The molecule has 0 aliphatic carbocycles. The Morgan fingerprint density at radius 2 is 1.77 bits per heavy atom. The highest BCUT2D eigenvalue weighted by Gasteiger charge is 2.30. The van der Waals surface area contributed by atoms with Crippen LogP contribution in [0.4, 0.5) is 5.69 Å². The van der Waals surface area contributed by atoms with Gasteiger partial charge in [0.1, 0.15) is 5.75 Å². The number of benzene rings is 3. The van der Waals surface area contributed by atoms with E-state index < -0.39 is 6.04 Å². The number of nitrogens with one attached hydrogen (secondary N) is 1. The van der Waals surface area contributed by atoms with Crippen molar-refractivity contribution in [3.05, 3.63) is 83.4 Å². The minimum Gasteiger partial charge on any atom is -0.490 e. The molecule has 3 aromatic carbocycles. The molecule has 0 saturated carbocycles. The van der Waals surface area contributed by atoms with Gasteiger partial charge in [0.15, 0.2) is 11.5 Å². The normalized spacial score (nSPS) is 20.8. The molecule has 0 bridgehead atoms. The monoisotopic (exact) mass is 659 g/mol. The van der Waals surface area contributed by atoms with Crippen molar-refractivity contribution in [1.82, 2.24) is 9.80 Å². The quantitative estimate of drug-likeness (QED) is 0.309. The third-order valence-electron chi connectivity index (χ3n) is 8.92. The maximum atomic E-state index is 14.4. The number of ether oxygens (including phenoxy) is 4. The standard InChI is InChI=1S/C38H49N3O7/c1-26-21-41(27(2)24-42)38(44)32-20-31(39-37(43)19-29-11-6-5-7-12-29)14-16-33(32)48-28(3)10-8-9-17-45-36(26)23-40(4)22-30-13-15-34-35(18-30)47-25-46-34/h5-7,11-16,18,20,26-28,36,42H,8-10,17,19,21-25H2,1-4H3,(H,39,43)/t26-,27+,28-,36-/m1/s1. The molecule has 10 heteroatoms. The number of carbonyl (C=O) groups is 2. The highest BCUT2D eigenvalue weighted by atomic mass is 16.7. The van der Waals surface area contributed by atoms with Crippen molar-refractivity contribution < 1.29 is 33.6 Å². The van der Waals surface area contributed by atoms with Gasteiger partial charge in [-0.15, -0.1) is 0 Å². The molecule has 258 valence electrons. The maximum Gasteiger partial charge on any atom is 0.258 e. The van der Waals surface area contributed by atoms with Crippen molar-refractivity contribution in [2.75, 3.05) is 45.5 Å². The number of aliphatic hydroxyl groups excluding tert-OH is 1. The Kier molecular flexibility index (Phi) is 12.3. The summed E-state index contributed by atoms with van der Waals surface area (Å²) in [5, 5.41) is 13.2. The van der Waals surface area contributed by atoms with Gasteiger partial charge in [-0.25, -0.2) is 0 Å². The third-order valence-corrected chi connectivity index (χ3v) is 8.92. The second-order valence-corrected chi connectivity index (χ2v) is 13.1. The Balaban J connectivity index is 1.36. The van der Waals surface area contributed by atoms with E-state index in [1.165, 1.54) is 0 Å². The molecule has 2 heterocycles. The van der Waals surface area contributed by atoms with Crippen LogP contribution in [0.5, 0.6) is 17.2 Å². The largest absolute Gasteiger partial charge is 0.490 e. The fourth-order valence-corrected chi connectivity index (χ4v) is 6.17. The first-order valence-electron chi connectivity index (χ1n) is 16.9. The molecule has 0 saturated heterocycles. The van der Waals surface area contributed by atoms with Gasteiger partial charge in [0.25, 0.3) is 5.91 Å². The van der Waals surface area contributed by atoms with Gasteiger partial charge in [0, 0.05) is 37.8 Å². The summed E-state index contributed by atoms with van der Waals surface area (Å²) in [4.78, 5) is 31.2. The molecule has 0 aromatic heterocycles. The van der Waals surface area contributed by atoms with Gasteiger partial charge >= 0.3 is 0 Å². The van der Waals surface area contributed by atoms with Crippen molar-refractivity contribution in [2.24, 2.45) is 5.92 Å². The minimum absolute atomic E-state index is 0.0536. The third kappa shape index (κ3) is 9.49. The molecule has 0 spiro atoms. The number of hydrogen-bond acceptors (Lipinski definition) is 8. The topological polar surface area (TPSA) is 110 Å². The second kappa shape index (κ2) is 16.8. The van der Waals surface area contributed by atoms with Crippen LogP contribution in [0.1, 0.15) is 61.5 Å². The SMILES string of the molecule is C[C@@H]1CCCCO[C@H](CN(C)Cc2ccc3c(c2)OCO3)[C@H](C)CN([C@@H](C)CO)C(=O)c2cc(NC(=O)Cc3ccccc3)ccc2O1.